The molecular formula is C13H19N3O. The normalized spacial score (nSPS) is 22.9. The molecule has 0 bridgehead atoms. The first-order valence-electron chi connectivity index (χ1n) is 5.63. The van der Waals surface area contributed by atoms with E-state index in [1.807, 2.05) is 6.20 Å². The van der Waals surface area contributed by atoms with Crippen LogP contribution in [0.2, 0.25) is 0 Å². The Morgan fingerprint density at radius 3 is 2.35 bits per heavy atom. The Kier molecular flexibility index (Phi) is 4.69. The zero-order valence-electron chi connectivity index (χ0n) is 10.4. The number of carbonyl (C=O) groups is 1. The number of likely N-dealkylation sites (tertiary alicyclic amines) is 1. The van der Waals surface area contributed by atoms with Crippen LogP contribution in [0.4, 0.5) is 0 Å². The van der Waals surface area contributed by atoms with E-state index in [2.05, 4.69) is 32.0 Å². The smallest absolute Gasteiger partial charge is 0.227 e. The summed E-state index contributed by atoms with van der Waals surface area (Å²) in [5.74, 6) is 0.681. The largest absolute Gasteiger partial charge is 0.317 e. The second kappa shape index (κ2) is 6.03. The first-order valence-corrected chi connectivity index (χ1v) is 5.63. The molecule has 0 spiro atoms. The highest BCUT2D eigenvalue weighted by molar-refractivity contribution is 5.80. The lowest BCUT2D eigenvalue weighted by molar-refractivity contribution is -0.126. The molecule has 0 radical (unpaired) electrons. The molecule has 2 rings (SSSR count). The van der Waals surface area contributed by atoms with Gasteiger partial charge in [-0.15, -0.1) is 0 Å². The minimum Gasteiger partial charge on any atom is -0.317 e. The summed E-state index contributed by atoms with van der Waals surface area (Å²) >= 11 is 0. The summed E-state index contributed by atoms with van der Waals surface area (Å²) in [7, 11) is 0. The van der Waals surface area contributed by atoms with Crippen molar-refractivity contribution < 1.29 is 4.79 Å². The molecule has 2 unspecified atom stereocenters. The van der Waals surface area contributed by atoms with Crippen LogP contribution < -0.4 is 0 Å². The Morgan fingerprint density at radius 2 is 2.12 bits per heavy atom. The van der Waals surface area contributed by atoms with E-state index < -0.39 is 0 Å². The molecular weight excluding hydrogens is 214 g/mol. The fraction of sp³-hybridized carbons (Fsp3) is 0.385. The van der Waals surface area contributed by atoms with Crippen molar-refractivity contribution in [2.45, 2.75) is 26.3 Å². The average molecular weight is 233 g/mol. The number of imidazole rings is 1. The summed E-state index contributed by atoms with van der Waals surface area (Å²) in [6.45, 7) is 11.3. The van der Waals surface area contributed by atoms with Crippen molar-refractivity contribution in [1.82, 2.24) is 14.5 Å². The lowest BCUT2D eigenvalue weighted by Gasteiger charge is -2.17. The fourth-order valence-corrected chi connectivity index (χ4v) is 1.70. The number of carbonyl (C=O) groups excluding carboxylic acids is 1. The van der Waals surface area contributed by atoms with Crippen molar-refractivity contribution in [3.63, 3.8) is 0 Å². The van der Waals surface area contributed by atoms with Crippen LogP contribution in [0.1, 0.15) is 20.3 Å². The molecule has 1 aliphatic heterocycles. The number of hydrogen-bond acceptors (Lipinski definition) is 2. The minimum atomic E-state index is 0.204. The van der Waals surface area contributed by atoms with E-state index in [4.69, 9.17) is 0 Å². The maximum atomic E-state index is 11.1. The van der Waals surface area contributed by atoms with Gasteiger partial charge in [0.1, 0.15) is 0 Å². The maximum Gasteiger partial charge on any atom is 0.227 e. The van der Waals surface area contributed by atoms with Crippen LogP contribution in [0, 0.1) is 5.92 Å². The van der Waals surface area contributed by atoms with Crippen molar-refractivity contribution in [2.75, 3.05) is 0 Å². The highest BCUT2D eigenvalue weighted by Crippen LogP contribution is 2.24. The molecule has 4 heteroatoms. The topological polar surface area (TPSA) is 38.1 Å². The Hall–Kier alpha value is -1.84. The Morgan fingerprint density at radius 1 is 1.41 bits per heavy atom. The van der Waals surface area contributed by atoms with Crippen molar-refractivity contribution in [3.8, 4) is 0 Å². The predicted octanol–water partition coefficient (Wildman–Crippen LogP) is 2.37. The molecule has 1 fully saturated rings. The van der Waals surface area contributed by atoms with Crippen molar-refractivity contribution in [1.29, 1.82) is 0 Å². The third-order valence-corrected chi connectivity index (χ3v) is 2.98. The van der Waals surface area contributed by atoms with Gasteiger partial charge in [0.25, 0.3) is 0 Å². The first-order chi connectivity index (χ1) is 8.10. The second-order valence-electron chi connectivity index (χ2n) is 4.10. The van der Waals surface area contributed by atoms with Gasteiger partial charge in [0.05, 0.1) is 6.33 Å². The summed E-state index contributed by atoms with van der Waals surface area (Å²) in [5, 5.41) is 0. The van der Waals surface area contributed by atoms with E-state index in [9.17, 15) is 4.79 Å². The van der Waals surface area contributed by atoms with E-state index >= 15 is 0 Å². The average Bonchev–Trinajstić information content (AvgIpc) is 2.90. The Balaban J connectivity index is 0.000000181. The van der Waals surface area contributed by atoms with Crippen LogP contribution in [0.5, 0.6) is 0 Å². The maximum absolute atomic E-state index is 11.1. The standard InChI is InChI=1S/C8H13NO.C5H6N2/c1-4-9-7(3)6(2)5-8(9)10;1-2-7-4-3-6-5-7/h4,6-7H,1,5H2,2-3H3;2-5H,1H2. The van der Waals surface area contributed by atoms with Gasteiger partial charge in [-0.25, -0.2) is 4.98 Å². The molecule has 1 saturated heterocycles. The summed E-state index contributed by atoms with van der Waals surface area (Å²) in [4.78, 5) is 16.6. The SMILES string of the molecule is C=CN1C(=O)CC(C)C1C.C=Cn1ccnc1. The van der Waals surface area contributed by atoms with Crippen LogP contribution in [0.3, 0.4) is 0 Å². The first kappa shape index (κ1) is 13.2. The number of rotatable bonds is 2. The number of aromatic nitrogens is 2. The van der Waals surface area contributed by atoms with Gasteiger partial charge in [-0.3, -0.25) is 4.79 Å². The van der Waals surface area contributed by atoms with Gasteiger partial charge in [-0.2, -0.15) is 0 Å². The number of amides is 1. The molecule has 0 aliphatic carbocycles. The minimum absolute atomic E-state index is 0.204. The van der Waals surface area contributed by atoms with E-state index in [0.717, 1.165) is 0 Å². The summed E-state index contributed by atoms with van der Waals surface area (Å²) < 4.78 is 1.78. The molecule has 17 heavy (non-hydrogen) atoms. The van der Waals surface area contributed by atoms with Crippen molar-refractivity contribution >= 4 is 12.1 Å². The predicted molar refractivity (Wildman–Crippen MR) is 68.9 cm³/mol. The van der Waals surface area contributed by atoms with Gasteiger partial charge in [0.2, 0.25) is 5.91 Å². The van der Waals surface area contributed by atoms with Gasteiger partial charge >= 0.3 is 0 Å². The summed E-state index contributed by atoms with van der Waals surface area (Å²) in [5.41, 5.74) is 0. The monoisotopic (exact) mass is 233 g/mol. The van der Waals surface area contributed by atoms with Crippen LogP contribution >= 0.6 is 0 Å². The molecule has 2 heterocycles. The lowest BCUT2D eigenvalue weighted by atomic mass is 10.1. The van der Waals surface area contributed by atoms with Gasteiger partial charge < -0.3 is 9.47 Å². The lowest BCUT2D eigenvalue weighted by Crippen LogP contribution is -2.26. The zero-order chi connectivity index (χ0) is 12.8. The van der Waals surface area contributed by atoms with Gasteiger partial charge in [-0.1, -0.05) is 20.1 Å². The third-order valence-electron chi connectivity index (χ3n) is 2.98. The van der Waals surface area contributed by atoms with Crippen LogP contribution in [0.15, 0.2) is 38.1 Å². The zero-order valence-corrected chi connectivity index (χ0v) is 10.4. The molecule has 4 nitrogen and oxygen atoms in total. The van der Waals surface area contributed by atoms with Crippen LogP contribution in [-0.4, -0.2) is 26.4 Å². The van der Waals surface area contributed by atoms with E-state index in [1.165, 1.54) is 0 Å². The number of hydrogen-bond donors (Lipinski definition) is 0. The molecule has 0 aromatic carbocycles. The molecule has 92 valence electrons. The van der Waals surface area contributed by atoms with Crippen LogP contribution in [-0.2, 0) is 4.79 Å². The summed E-state index contributed by atoms with van der Waals surface area (Å²) in [6, 6.07) is 0.338. The molecule has 1 aromatic rings. The fourth-order valence-electron chi connectivity index (χ4n) is 1.70. The Bertz CT molecular complexity index is 383. The van der Waals surface area contributed by atoms with Gasteiger partial charge in [0, 0.05) is 31.1 Å². The molecule has 1 aliphatic rings. The Labute approximate surface area is 102 Å². The second-order valence-corrected chi connectivity index (χ2v) is 4.10. The van der Waals surface area contributed by atoms with Gasteiger partial charge in [0.15, 0.2) is 0 Å². The van der Waals surface area contributed by atoms with Crippen LogP contribution in [0.25, 0.3) is 6.20 Å². The molecule has 1 amide bonds. The van der Waals surface area contributed by atoms with E-state index in [0.29, 0.717) is 18.4 Å². The van der Waals surface area contributed by atoms with Crippen molar-refractivity contribution in [2.24, 2.45) is 5.92 Å². The van der Waals surface area contributed by atoms with Crippen molar-refractivity contribution in [3.05, 3.63) is 38.1 Å². The van der Waals surface area contributed by atoms with E-state index in [1.54, 1.807) is 34.4 Å². The molecule has 1 aromatic heterocycles. The third kappa shape index (κ3) is 3.31. The molecule has 2 atom stereocenters. The highest BCUT2D eigenvalue weighted by atomic mass is 16.2. The number of nitrogens with zero attached hydrogens (tertiary/aromatic N) is 3. The molecule has 0 saturated carbocycles. The quantitative estimate of drug-likeness (QED) is 0.786. The molecule has 0 N–H and O–H groups in total. The highest BCUT2D eigenvalue weighted by Gasteiger charge is 2.31. The summed E-state index contributed by atoms with van der Waals surface area (Å²) in [6.07, 6.45) is 9.21. The van der Waals surface area contributed by atoms with Gasteiger partial charge in [-0.05, 0) is 19.0 Å². The van der Waals surface area contributed by atoms with E-state index in [-0.39, 0.29) is 5.91 Å².